The molecule has 1 aromatic carbocycles. The Morgan fingerprint density at radius 2 is 1.67 bits per heavy atom. The molecule has 0 bridgehead atoms. The highest BCUT2D eigenvalue weighted by Crippen LogP contribution is 2.18. The van der Waals surface area contributed by atoms with Gasteiger partial charge >= 0.3 is 6.03 Å². The van der Waals surface area contributed by atoms with Crippen LogP contribution in [0.1, 0.15) is 42.5 Å². The van der Waals surface area contributed by atoms with E-state index in [9.17, 15) is 9.59 Å². The van der Waals surface area contributed by atoms with E-state index in [1.807, 2.05) is 0 Å². The Hall–Kier alpha value is -2.08. The number of ether oxygens (including phenoxy) is 1. The number of morpholine rings is 1. The molecule has 2 aliphatic rings. The SMILES string of the molecule is O=C(Nc1ccc(C(=O)N2CCOCC2)cc1)NC1CCCCC1. The summed E-state index contributed by atoms with van der Waals surface area (Å²) in [7, 11) is 0. The van der Waals surface area contributed by atoms with Gasteiger partial charge in [-0.1, -0.05) is 19.3 Å². The number of nitrogens with zero attached hydrogens (tertiary/aromatic N) is 1. The maximum absolute atomic E-state index is 12.4. The molecule has 6 nitrogen and oxygen atoms in total. The van der Waals surface area contributed by atoms with Crippen LogP contribution < -0.4 is 10.6 Å². The molecule has 1 saturated carbocycles. The lowest BCUT2D eigenvalue weighted by atomic mass is 9.96. The molecule has 3 rings (SSSR count). The fourth-order valence-electron chi connectivity index (χ4n) is 3.24. The first-order chi connectivity index (χ1) is 11.7. The Balaban J connectivity index is 1.52. The van der Waals surface area contributed by atoms with Crippen LogP contribution in [0.2, 0.25) is 0 Å². The zero-order chi connectivity index (χ0) is 16.8. The average molecular weight is 331 g/mol. The van der Waals surface area contributed by atoms with Crippen molar-refractivity contribution in [3.05, 3.63) is 29.8 Å². The highest BCUT2D eigenvalue weighted by atomic mass is 16.5. The summed E-state index contributed by atoms with van der Waals surface area (Å²) in [5.74, 6) is 0.0107. The predicted octanol–water partition coefficient (Wildman–Crippen LogP) is 2.61. The number of carbonyl (C=O) groups excluding carboxylic acids is 2. The third kappa shape index (κ3) is 4.47. The molecule has 130 valence electrons. The minimum Gasteiger partial charge on any atom is -0.378 e. The molecular weight excluding hydrogens is 306 g/mol. The smallest absolute Gasteiger partial charge is 0.319 e. The van der Waals surface area contributed by atoms with Crippen LogP contribution in [0.3, 0.4) is 0 Å². The van der Waals surface area contributed by atoms with E-state index in [-0.39, 0.29) is 18.0 Å². The molecule has 1 aliphatic heterocycles. The first-order valence-corrected chi connectivity index (χ1v) is 8.77. The van der Waals surface area contributed by atoms with Crippen LogP contribution in [-0.4, -0.2) is 49.2 Å². The summed E-state index contributed by atoms with van der Waals surface area (Å²) in [5, 5.41) is 5.86. The van der Waals surface area contributed by atoms with Gasteiger partial charge in [0, 0.05) is 30.4 Å². The molecule has 3 amide bonds. The normalized spacial score (nSPS) is 18.9. The highest BCUT2D eigenvalue weighted by Gasteiger charge is 2.19. The van der Waals surface area contributed by atoms with Crippen molar-refractivity contribution in [2.45, 2.75) is 38.1 Å². The second-order valence-electron chi connectivity index (χ2n) is 6.42. The summed E-state index contributed by atoms with van der Waals surface area (Å²) in [6.07, 6.45) is 5.74. The van der Waals surface area contributed by atoms with E-state index in [2.05, 4.69) is 10.6 Å². The van der Waals surface area contributed by atoms with Crippen LogP contribution in [0.25, 0.3) is 0 Å². The fourth-order valence-corrected chi connectivity index (χ4v) is 3.24. The number of hydrogen-bond donors (Lipinski definition) is 2. The Labute approximate surface area is 142 Å². The number of hydrogen-bond acceptors (Lipinski definition) is 3. The van der Waals surface area contributed by atoms with E-state index in [4.69, 9.17) is 4.74 Å². The van der Waals surface area contributed by atoms with Crippen molar-refractivity contribution in [3.63, 3.8) is 0 Å². The molecule has 1 saturated heterocycles. The first-order valence-electron chi connectivity index (χ1n) is 8.77. The molecule has 1 aliphatic carbocycles. The van der Waals surface area contributed by atoms with Crippen molar-refractivity contribution in [3.8, 4) is 0 Å². The van der Waals surface area contributed by atoms with Gasteiger partial charge in [0.25, 0.3) is 5.91 Å². The molecule has 1 aromatic rings. The van der Waals surface area contributed by atoms with Crippen molar-refractivity contribution in [1.82, 2.24) is 10.2 Å². The van der Waals surface area contributed by atoms with E-state index in [0.717, 1.165) is 12.8 Å². The predicted molar refractivity (Wildman–Crippen MR) is 92.2 cm³/mol. The third-order valence-electron chi connectivity index (χ3n) is 4.63. The summed E-state index contributed by atoms with van der Waals surface area (Å²) < 4.78 is 5.26. The van der Waals surface area contributed by atoms with Gasteiger partial charge in [0.2, 0.25) is 0 Å². The number of amides is 3. The maximum Gasteiger partial charge on any atom is 0.319 e. The van der Waals surface area contributed by atoms with E-state index in [1.165, 1.54) is 19.3 Å². The highest BCUT2D eigenvalue weighted by molar-refractivity contribution is 5.95. The van der Waals surface area contributed by atoms with Gasteiger partial charge < -0.3 is 20.3 Å². The van der Waals surface area contributed by atoms with Gasteiger partial charge in [-0.3, -0.25) is 4.79 Å². The van der Waals surface area contributed by atoms with Gasteiger partial charge in [-0.2, -0.15) is 0 Å². The number of anilines is 1. The van der Waals surface area contributed by atoms with Crippen LogP contribution in [0.4, 0.5) is 10.5 Å². The molecule has 1 heterocycles. The molecule has 0 radical (unpaired) electrons. The zero-order valence-electron chi connectivity index (χ0n) is 13.9. The third-order valence-corrected chi connectivity index (χ3v) is 4.63. The summed E-state index contributed by atoms with van der Waals surface area (Å²) in [6, 6.07) is 7.17. The van der Waals surface area contributed by atoms with Crippen molar-refractivity contribution < 1.29 is 14.3 Å². The number of carbonyl (C=O) groups is 2. The molecule has 24 heavy (non-hydrogen) atoms. The second-order valence-corrected chi connectivity index (χ2v) is 6.42. The van der Waals surface area contributed by atoms with E-state index in [0.29, 0.717) is 37.6 Å². The Morgan fingerprint density at radius 3 is 2.33 bits per heavy atom. The van der Waals surface area contributed by atoms with Gasteiger partial charge in [0.15, 0.2) is 0 Å². The van der Waals surface area contributed by atoms with Crippen LogP contribution in [-0.2, 0) is 4.74 Å². The summed E-state index contributed by atoms with van der Waals surface area (Å²) >= 11 is 0. The molecule has 0 unspecified atom stereocenters. The zero-order valence-corrected chi connectivity index (χ0v) is 13.9. The lowest BCUT2D eigenvalue weighted by molar-refractivity contribution is 0.0303. The van der Waals surface area contributed by atoms with Gasteiger partial charge in [0.05, 0.1) is 13.2 Å². The van der Waals surface area contributed by atoms with Crippen molar-refractivity contribution in [2.75, 3.05) is 31.6 Å². The van der Waals surface area contributed by atoms with Crippen molar-refractivity contribution >= 4 is 17.6 Å². The van der Waals surface area contributed by atoms with E-state index >= 15 is 0 Å². The van der Waals surface area contributed by atoms with E-state index in [1.54, 1.807) is 29.2 Å². The van der Waals surface area contributed by atoms with Crippen LogP contribution in [0.5, 0.6) is 0 Å². The van der Waals surface area contributed by atoms with Crippen LogP contribution >= 0.6 is 0 Å². The molecular formula is C18H25N3O3. The number of rotatable bonds is 3. The molecule has 6 heteroatoms. The monoisotopic (exact) mass is 331 g/mol. The topological polar surface area (TPSA) is 70.7 Å². The lowest BCUT2D eigenvalue weighted by Gasteiger charge is -2.27. The summed E-state index contributed by atoms with van der Waals surface area (Å²) in [4.78, 5) is 26.2. The largest absolute Gasteiger partial charge is 0.378 e. The van der Waals surface area contributed by atoms with Gasteiger partial charge in [0.1, 0.15) is 0 Å². The first kappa shape index (κ1) is 16.8. The van der Waals surface area contributed by atoms with Crippen molar-refractivity contribution in [1.29, 1.82) is 0 Å². The second kappa shape index (κ2) is 8.15. The average Bonchev–Trinajstić information content (AvgIpc) is 2.63. The Bertz CT molecular complexity index is 561. The minimum absolute atomic E-state index is 0.0107. The number of benzene rings is 1. The van der Waals surface area contributed by atoms with Gasteiger partial charge in [-0.15, -0.1) is 0 Å². The molecule has 2 fully saturated rings. The quantitative estimate of drug-likeness (QED) is 0.894. The van der Waals surface area contributed by atoms with Gasteiger partial charge in [-0.05, 0) is 37.1 Å². The van der Waals surface area contributed by atoms with Crippen LogP contribution in [0, 0.1) is 0 Å². The van der Waals surface area contributed by atoms with Crippen molar-refractivity contribution in [2.24, 2.45) is 0 Å². The van der Waals surface area contributed by atoms with Gasteiger partial charge in [-0.25, -0.2) is 4.79 Å². The maximum atomic E-state index is 12.4. The molecule has 0 aromatic heterocycles. The summed E-state index contributed by atoms with van der Waals surface area (Å²) in [5.41, 5.74) is 1.33. The van der Waals surface area contributed by atoms with E-state index < -0.39 is 0 Å². The number of urea groups is 1. The number of nitrogens with one attached hydrogen (secondary N) is 2. The standard InChI is InChI=1S/C18H25N3O3/c22-17(21-10-12-24-13-11-21)14-6-8-16(9-7-14)20-18(23)19-15-4-2-1-3-5-15/h6-9,15H,1-5,10-13H2,(H2,19,20,23). The Morgan fingerprint density at radius 1 is 1.00 bits per heavy atom. The Kier molecular flexibility index (Phi) is 5.69. The molecule has 0 spiro atoms. The minimum atomic E-state index is -0.172. The fraction of sp³-hybridized carbons (Fsp3) is 0.556. The summed E-state index contributed by atoms with van der Waals surface area (Å²) in [6.45, 7) is 2.44. The lowest BCUT2D eigenvalue weighted by Crippen LogP contribution is -2.40. The molecule has 0 atom stereocenters. The molecule has 2 N–H and O–H groups in total. The van der Waals surface area contributed by atoms with Crippen LogP contribution in [0.15, 0.2) is 24.3 Å².